The Morgan fingerprint density at radius 3 is 2.57 bits per heavy atom. The van der Waals surface area contributed by atoms with Crippen LogP contribution in [0.4, 0.5) is 5.69 Å². The number of fused-ring (bicyclic) bond motifs is 1. The molecule has 146 valence electrons. The zero-order chi connectivity index (χ0) is 19.8. The Morgan fingerprint density at radius 1 is 1.11 bits per heavy atom. The number of hydrogen-bond donors (Lipinski definition) is 2. The fraction of sp³-hybridized carbons (Fsp3) is 0.300. The Balaban J connectivity index is 1.45. The van der Waals surface area contributed by atoms with E-state index in [2.05, 4.69) is 26.2 Å². The number of rotatable bonds is 3. The summed E-state index contributed by atoms with van der Waals surface area (Å²) in [5, 5.41) is 3.78. The molecule has 1 saturated carbocycles. The molecule has 1 fully saturated rings. The van der Waals surface area contributed by atoms with E-state index < -0.39 is 0 Å². The van der Waals surface area contributed by atoms with Crippen LogP contribution in [0.15, 0.2) is 45.7 Å². The van der Waals surface area contributed by atoms with Crippen LogP contribution in [0.2, 0.25) is 10.0 Å². The summed E-state index contributed by atoms with van der Waals surface area (Å²) in [7, 11) is 0. The van der Waals surface area contributed by atoms with Gasteiger partial charge < -0.3 is 10.3 Å². The molecule has 0 radical (unpaired) electrons. The molecule has 1 aromatic heterocycles. The van der Waals surface area contributed by atoms with E-state index >= 15 is 0 Å². The first-order valence-electron chi connectivity index (χ1n) is 9.08. The number of carbonyl (C=O) groups is 1. The Kier molecular flexibility index (Phi) is 5.54. The average Bonchev–Trinajstić information content (AvgIpc) is 3.02. The quantitative estimate of drug-likeness (QED) is 0.497. The number of carbonyl (C=O) groups excluding carboxylic acids is 1. The normalized spacial score (nSPS) is 19.7. The highest BCUT2D eigenvalue weighted by Gasteiger charge is 2.29. The van der Waals surface area contributed by atoms with Crippen LogP contribution >= 0.6 is 39.1 Å². The van der Waals surface area contributed by atoms with Crippen molar-refractivity contribution >= 4 is 61.8 Å². The van der Waals surface area contributed by atoms with E-state index in [9.17, 15) is 9.59 Å². The number of para-hydroxylation sites is 1. The molecule has 8 heteroatoms. The van der Waals surface area contributed by atoms with E-state index in [-0.39, 0.29) is 23.6 Å². The summed E-state index contributed by atoms with van der Waals surface area (Å²) < 4.78 is 2.70. The third kappa shape index (κ3) is 3.73. The Morgan fingerprint density at radius 2 is 1.86 bits per heavy atom. The summed E-state index contributed by atoms with van der Waals surface area (Å²) in [4.78, 5) is 28.0. The highest BCUT2D eigenvalue weighted by molar-refractivity contribution is 9.10. The van der Waals surface area contributed by atoms with Crippen molar-refractivity contribution in [2.45, 2.75) is 31.7 Å². The molecule has 1 heterocycles. The standard InChI is InChI=1S/C20H18BrCl2N3O2/c21-14-2-1-3-17-18(14)25-20(28)26(17)13-7-4-11(5-8-13)19(27)24-12-6-9-15(22)16(23)10-12/h1-3,6,9-11,13H,4-5,7-8H2,(H,24,27)(H,25,28)/t11-,13+. The number of nitrogens with one attached hydrogen (secondary N) is 2. The van der Waals surface area contributed by atoms with Crippen LogP contribution in [0.5, 0.6) is 0 Å². The van der Waals surface area contributed by atoms with Crippen molar-refractivity contribution in [3.8, 4) is 0 Å². The topological polar surface area (TPSA) is 66.9 Å². The molecule has 0 spiro atoms. The number of aromatic amines is 1. The highest BCUT2D eigenvalue weighted by Crippen LogP contribution is 2.35. The van der Waals surface area contributed by atoms with Crippen molar-refractivity contribution in [3.05, 3.63) is 61.4 Å². The van der Waals surface area contributed by atoms with Crippen molar-refractivity contribution in [2.24, 2.45) is 5.92 Å². The van der Waals surface area contributed by atoms with E-state index in [1.165, 1.54) is 0 Å². The number of H-pyrrole nitrogens is 1. The molecule has 1 amide bonds. The third-order valence-corrected chi connectivity index (χ3v) is 6.72. The molecule has 1 aliphatic carbocycles. The fourth-order valence-electron chi connectivity index (χ4n) is 3.89. The zero-order valence-electron chi connectivity index (χ0n) is 14.8. The van der Waals surface area contributed by atoms with Gasteiger partial charge in [-0.05, 0) is 71.9 Å². The van der Waals surface area contributed by atoms with Gasteiger partial charge in [-0.1, -0.05) is 29.3 Å². The molecule has 0 unspecified atom stereocenters. The summed E-state index contributed by atoms with van der Waals surface area (Å²) in [6.45, 7) is 0. The molecule has 0 atom stereocenters. The zero-order valence-corrected chi connectivity index (χ0v) is 17.9. The van der Waals surface area contributed by atoms with Gasteiger partial charge in [0.05, 0.1) is 21.1 Å². The van der Waals surface area contributed by atoms with E-state index in [4.69, 9.17) is 23.2 Å². The molecular formula is C20H18BrCl2N3O2. The lowest BCUT2D eigenvalue weighted by Gasteiger charge is -2.28. The number of halogens is 3. The van der Waals surface area contributed by atoms with Gasteiger partial charge in [-0.3, -0.25) is 9.36 Å². The van der Waals surface area contributed by atoms with Gasteiger partial charge in [0.1, 0.15) is 0 Å². The van der Waals surface area contributed by atoms with E-state index in [0.717, 1.165) is 41.2 Å². The van der Waals surface area contributed by atoms with Crippen LogP contribution in [0.3, 0.4) is 0 Å². The minimum absolute atomic E-state index is 0.0224. The van der Waals surface area contributed by atoms with Crippen LogP contribution in [-0.4, -0.2) is 15.5 Å². The number of hydrogen-bond acceptors (Lipinski definition) is 2. The average molecular weight is 483 g/mol. The van der Waals surface area contributed by atoms with Gasteiger partial charge in [0.2, 0.25) is 5.91 Å². The second kappa shape index (κ2) is 7.93. The minimum atomic E-state index is -0.106. The highest BCUT2D eigenvalue weighted by atomic mass is 79.9. The molecule has 0 bridgehead atoms. The summed E-state index contributed by atoms with van der Waals surface area (Å²) in [6, 6.07) is 10.9. The van der Waals surface area contributed by atoms with Gasteiger partial charge in [0.15, 0.2) is 0 Å². The van der Waals surface area contributed by atoms with E-state index in [1.54, 1.807) is 18.2 Å². The Bertz CT molecular complexity index is 1100. The molecule has 1 aliphatic rings. The molecule has 0 saturated heterocycles. The van der Waals surface area contributed by atoms with Crippen LogP contribution in [-0.2, 0) is 4.79 Å². The maximum absolute atomic E-state index is 12.6. The predicted octanol–water partition coefficient (Wildman–Crippen LogP) is 5.77. The van der Waals surface area contributed by atoms with Crippen molar-refractivity contribution in [1.29, 1.82) is 0 Å². The van der Waals surface area contributed by atoms with Crippen LogP contribution in [0.25, 0.3) is 11.0 Å². The van der Waals surface area contributed by atoms with Gasteiger partial charge >= 0.3 is 5.69 Å². The lowest BCUT2D eigenvalue weighted by Crippen LogP contribution is -2.31. The van der Waals surface area contributed by atoms with Crippen molar-refractivity contribution in [2.75, 3.05) is 5.32 Å². The maximum Gasteiger partial charge on any atom is 0.326 e. The molecular weight excluding hydrogens is 465 g/mol. The second-order valence-corrected chi connectivity index (χ2v) is 8.73. The summed E-state index contributed by atoms with van der Waals surface area (Å²) >= 11 is 15.4. The molecule has 2 aromatic carbocycles. The number of imidazole rings is 1. The number of anilines is 1. The molecule has 3 aromatic rings. The van der Waals surface area contributed by atoms with Crippen LogP contribution in [0, 0.1) is 5.92 Å². The molecule has 2 N–H and O–H groups in total. The molecule has 28 heavy (non-hydrogen) atoms. The van der Waals surface area contributed by atoms with Crippen molar-refractivity contribution in [3.63, 3.8) is 0 Å². The smallest absolute Gasteiger partial charge is 0.326 e. The first kappa shape index (κ1) is 19.6. The SMILES string of the molecule is O=c1[nH]c2c(Br)cccc2n1[C@H]1CC[C@@H](C(=O)Nc2ccc(Cl)c(Cl)c2)CC1. The largest absolute Gasteiger partial charge is 0.326 e. The van der Waals surface area contributed by atoms with E-state index in [1.807, 2.05) is 22.8 Å². The van der Waals surface area contributed by atoms with Crippen LogP contribution < -0.4 is 11.0 Å². The molecule has 5 nitrogen and oxygen atoms in total. The van der Waals surface area contributed by atoms with Gasteiger partial charge in [-0.25, -0.2) is 4.79 Å². The number of benzene rings is 2. The Labute approximate surface area is 180 Å². The summed E-state index contributed by atoms with van der Waals surface area (Å²) in [5.41, 5.74) is 2.24. The summed E-state index contributed by atoms with van der Waals surface area (Å²) in [5.74, 6) is -0.107. The monoisotopic (exact) mass is 481 g/mol. The van der Waals surface area contributed by atoms with E-state index in [0.29, 0.717) is 15.7 Å². The Hall–Kier alpha value is -1.76. The first-order valence-corrected chi connectivity index (χ1v) is 10.6. The van der Waals surface area contributed by atoms with Gasteiger partial charge in [0, 0.05) is 22.1 Å². The minimum Gasteiger partial charge on any atom is -0.326 e. The summed E-state index contributed by atoms with van der Waals surface area (Å²) in [6.07, 6.45) is 3.01. The number of aromatic nitrogens is 2. The van der Waals surface area contributed by atoms with Crippen molar-refractivity contribution < 1.29 is 4.79 Å². The third-order valence-electron chi connectivity index (χ3n) is 5.32. The van der Waals surface area contributed by atoms with Gasteiger partial charge in [-0.2, -0.15) is 0 Å². The van der Waals surface area contributed by atoms with Crippen molar-refractivity contribution in [1.82, 2.24) is 9.55 Å². The number of nitrogens with zero attached hydrogens (tertiary/aromatic N) is 1. The fourth-order valence-corrected chi connectivity index (χ4v) is 4.64. The number of amides is 1. The molecule has 0 aliphatic heterocycles. The maximum atomic E-state index is 12.6. The lowest BCUT2D eigenvalue weighted by atomic mass is 9.85. The van der Waals surface area contributed by atoms with Crippen LogP contribution in [0.1, 0.15) is 31.7 Å². The second-order valence-electron chi connectivity index (χ2n) is 7.06. The lowest BCUT2D eigenvalue weighted by molar-refractivity contribution is -0.121. The van der Waals surface area contributed by atoms with Gasteiger partial charge in [0.25, 0.3) is 0 Å². The predicted molar refractivity (Wildman–Crippen MR) is 116 cm³/mol. The molecule has 4 rings (SSSR count). The first-order chi connectivity index (χ1) is 13.4. The van der Waals surface area contributed by atoms with Gasteiger partial charge in [-0.15, -0.1) is 0 Å².